The molecule has 1 rings (SSSR count). The van der Waals surface area contributed by atoms with Gasteiger partial charge in [0.05, 0.1) is 6.61 Å². The van der Waals surface area contributed by atoms with Gasteiger partial charge in [-0.1, -0.05) is 39.0 Å². The van der Waals surface area contributed by atoms with E-state index in [2.05, 4.69) is 26.8 Å². The fourth-order valence-electron chi connectivity index (χ4n) is 1.72. The largest absolute Gasteiger partial charge is 0.465 e. The maximum atomic E-state index is 11.7. The Balaban J connectivity index is 3.12. The van der Waals surface area contributed by atoms with Crippen LogP contribution in [0.2, 0.25) is 0 Å². The topological polar surface area (TPSA) is 26.3 Å². The second kappa shape index (κ2) is 5.75. The smallest absolute Gasteiger partial charge is 0.328 e. The predicted octanol–water partition coefficient (Wildman–Crippen LogP) is 4.14. The zero-order chi connectivity index (χ0) is 13.9. The van der Waals surface area contributed by atoms with Crippen LogP contribution < -0.4 is 0 Å². The third kappa shape index (κ3) is 3.49. The highest BCUT2D eigenvalue weighted by atomic mass is 35.5. The van der Waals surface area contributed by atoms with Crippen LogP contribution in [0.25, 0.3) is 0 Å². The van der Waals surface area contributed by atoms with E-state index in [-0.39, 0.29) is 11.4 Å². The monoisotopic (exact) mass is 268 g/mol. The maximum absolute atomic E-state index is 11.7. The Bertz CT molecular complexity index is 433. The molecular formula is C15H21ClO2. The minimum atomic E-state index is -0.729. The second-order valence-electron chi connectivity index (χ2n) is 5.44. The van der Waals surface area contributed by atoms with Crippen molar-refractivity contribution in [2.75, 3.05) is 6.61 Å². The molecule has 0 heterocycles. The van der Waals surface area contributed by atoms with Gasteiger partial charge in [-0.25, -0.2) is 0 Å². The lowest BCUT2D eigenvalue weighted by atomic mass is 9.85. The summed E-state index contributed by atoms with van der Waals surface area (Å²) in [6.07, 6.45) is 0. The molecular weight excluding hydrogens is 248 g/mol. The van der Waals surface area contributed by atoms with E-state index in [0.29, 0.717) is 6.61 Å². The Hall–Kier alpha value is -1.02. The lowest BCUT2D eigenvalue weighted by Crippen LogP contribution is -2.15. The molecule has 0 aliphatic carbocycles. The molecule has 1 aromatic carbocycles. The molecule has 1 atom stereocenters. The third-order valence-electron chi connectivity index (χ3n) is 2.91. The van der Waals surface area contributed by atoms with Gasteiger partial charge in [0.1, 0.15) is 0 Å². The van der Waals surface area contributed by atoms with E-state index in [1.807, 2.05) is 19.1 Å². The molecule has 18 heavy (non-hydrogen) atoms. The highest BCUT2D eigenvalue weighted by Crippen LogP contribution is 2.30. The van der Waals surface area contributed by atoms with E-state index < -0.39 is 5.38 Å². The number of halogens is 1. The van der Waals surface area contributed by atoms with Crippen LogP contribution in [-0.2, 0) is 14.9 Å². The summed E-state index contributed by atoms with van der Waals surface area (Å²) in [7, 11) is 0. The van der Waals surface area contributed by atoms with Gasteiger partial charge in [0.25, 0.3) is 0 Å². The molecule has 0 radical (unpaired) electrons. The van der Waals surface area contributed by atoms with Crippen molar-refractivity contribution >= 4 is 17.6 Å². The van der Waals surface area contributed by atoms with Crippen LogP contribution in [0.5, 0.6) is 0 Å². The van der Waals surface area contributed by atoms with Crippen molar-refractivity contribution in [2.24, 2.45) is 0 Å². The summed E-state index contributed by atoms with van der Waals surface area (Å²) in [6, 6.07) is 6.09. The van der Waals surface area contributed by atoms with Crippen molar-refractivity contribution in [3.63, 3.8) is 0 Å². The zero-order valence-corrected chi connectivity index (χ0v) is 12.5. The quantitative estimate of drug-likeness (QED) is 0.608. The standard InChI is InChI=1S/C15H21ClO2/c1-6-18-14(17)13(16)12-9-11(15(3,4)5)8-7-10(12)2/h7-9,13H,6H2,1-5H3. The molecule has 0 saturated heterocycles. The molecule has 0 aromatic heterocycles. The summed E-state index contributed by atoms with van der Waals surface area (Å²) in [4.78, 5) is 11.7. The molecule has 0 N–H and O–H groups in total. The zero-order valence-electron chi connectivity index (χ0n) is 11.7. The molecule has 0 bridgehead atoms. The first-order valence-corrected chi connectivity index (χ1v) is 6.62. The van der Waals surface area contributed by atoms with Crippen LogP contribution in [0, 0.1) is 6.92 Å². The molecule has 0 amide bonds. The Kier molecular flexibility index (Phi) is 4.80. The van der Waals surface area contributed by atoms with E-state index in [1.54, 1.807) is 6.92 Å². The number of hydrogen-bond donors (Lipinski definition) is 0. The summed E-state index contributed by atoms with van der Waals surface area (Å²) in [5.41, 5.74) is 3.05. The molecule has 100 valence electrons. The SMILES string of the molecule is CCOC(=O)C(Cl)c1cc(C(C)(C)C)ccc1C. The van der Waals surface area contributed by atoms with Crippen molar-refractivity contribution in [3.05, 3.63) is 34.9 Å². The molecule has 1 aromatic rings. The summed E-state index contributed by atoms with van der Waals surface area (Å²) >= 11 is 6.19. The van der Waals surface area contributed by atoms with Gasteiger partial charge in [-0.3, -0.25) is 4.79 Å². The van der Waals surface area contributed by atoms with Crippen LogP contribution in [0.1, 0.15) is 49.8 Å². The minimum Gasteiger partial charge on any atom is -0.465 e. The molecule has 3 heteroatoms. The lowest BCUT2D eigenvalue weighted by molar-refractivity contribution is -0.142. The number of carbonyl (C=O) groups excluding carboxylic acids is 1. The Labute approximate surface area is 114 Å². The van der Waals surface area contributed by atoms with Crippen molar-refractivity contribution in [1.82, 2.24) is 0 Å². The highest BCUT2D eigenvalue weighted by molar-refractivity contribution is 6.30. The first-order chi connectivity index (χ1) is 8.27. The number of esters is 1. The minimum absolute atomic E-state index is 0.0354. The maximum Gasteiger partial charge on any atom is 0.328 e. The van der Waals surface area contributed by atoms with E-state index in [4.69, 9.17) is 16.3 Å². The molecule has 1 unspecified atom stereocenters. The molecule has 0 aliphatic heterocycles. The number of carbonyl (C=O) groups is 1. The van der Waals surface area contributed by atoms with Crippen molar-refractivity contribution < 1.29 is 9.53 Å². The summed E-state index contributed by atoms with van der Waals surface area (Å²) in [5, 5.41) is -0.729. The molecule has 2 nitrogen and oxygen atoms in total. The van der Waals surface area contributed by atoms with E-state index in [1.165, 1.54) is 0 Å². The molecule has 0 fully saturated rings. The molecule has 0 aliphatic rings. The number of rotatable bonds is 3. The summed E-state index contributed by atoms with van der Waals surface area (Å²) in [6.45, 7) is 10.5. The van der Waals surface area contributed by atoms with E-state index in [0.717, 1.165) is 16.7 Å². The fourth-order valence-corrected chi connectivity index (χ4v) is 2.02. The van der Waals surface area contributed by atoms with E-state index in [9.17, 15) is 4.79 Å². The van der Waals surface area contributed by atoms with Crippen LogP contribution >= 0.6 is 11.6 Å². The van der Waals surface area contributed by atoms with Crippen LogP contribution in [0.4, 0.5) is 0 Å². The third-order valence-corrected chi connectivity index (χ3v) is 3.33. The predicted molar refractivity (Wildman–Crippen MR) is 75.1 cm³/mol. The van der Waals surface area contributed by atoms with Gasteiger partial charge in [0.2, 0.25) is 0 Å². The average molecular weight is 269 g/mol. The van der Waals surface area contributed by atoms with Crippen molar-refractivity contribution in [3.8, 4) is 0 Å². The van der Waals surface area contributed by atoms with Crippen molar-refractivity contribution in [2.45, 2.75) is 45.4 Å². The molecule has 0 saturated carbocycles. The normalized spacial score (nSPS) is 13.2. The number of ether oxygens (including phenoxy) is 1. The first-order valence-electron chi connectivity index (χ1n) is 6.19. The molecule has 0 spiro atoms. The highest BCUT2D eigenvalue weighted by Gasteiger charge is 2.23. The van der Waals surface area contributed by atoms with Gasteiger partial charge in [-0.15, -0.1) is 11.6 Å². The Morgan fingerprint density at radius 3 is 2.50 bits per heavy atom. The summed E-state index contributed by atoms with van der Waals surface area (Å²) in [5.74, 6) is -0.381. The van der Waals surface area contributed by atoms with Gasteiger partial charge in [0, 0.05) is 0 Å². The second-order valence-corrected chi connectivity index (χ2v) is 5.87. The number of hydrogen-bond acceptors (Lipinski definition) is 2. The number of benzene rings is 1. The van der Waals surface area contributed by atoms with Crippen LogP contribution in [-0.4, -0.2) is 12.6 Å². The van der Waals surface area contributed by atoms with Crippen LogP contribution in [0.15, 0.2) is 18.2 Å². The van der Waals surface area contributed by atoms with Gasteiger partial charge in [-0.2, -0.15) is 0 Å². The number of alkyl halides is 1. The van der Waals surface area contributed by atoms with Crippen molar-refractivity contribution in [1.29, 1.82) is 0 Å². The van der Waals surface area contributed by atoms with Gasteiger partial charge in [0.15, 0.2) is 5.38 Å². The van der Waals surface area contributed by atoms with E-state index >= 15 is 0 Å². The first kappa shape index (κ1) is 15.0. The van der Waals surface area contributed by atoms with Crippen LogP contribution in [0.3, 0.4) is 0 Å². The van der Waals surface area contributed by atoms with Gasteiger partial charge in [-0.05, 0) is 36.0 Å². The van der Waals surface area contributed by atoms with Gasteiger partial charge < -0.3 is 4.74 Å². The number of aryl methyl sites for hydroxylation is 1. The fraction of sp³-hybridized carbons (Fsp3) is 0.533. The Morgan fingerprint density at radius 1 is 1.39 bits per heavy atom. The average Bonchev–Trinajstić information content (AvgIpc) is 2.27. The summed E-state index contributed by atoms with van der Waals surface area (Å²) < 4.78 is 4.97. The Morgan fingerprint density at radius 2 is 2.00 bits per heavy atom. The van der Waals surface area contributed by atoms with Gasteiger partial charge >= 0.3 is 5.97 Å². The lowest BCUT2D eigenvalue weighted by Gasteiger charge is -2.22.